The van der Waals surface area contributed by atoms with Gasteiger partial charge in [0, 0.05) is 22.2 Å². The summed E-state index contributed by atoms with van der Waals surface area (Å²) < 4.78 is 0. The second-order valence-corrected chi connectivity index (χ2v) is 9.29. The van der Waals surface area contributed by atoms with Crippen LogP contribution >= 0.6 is 23.2 Å². The van der Waals surface area contributed by atoms with E-state index in [0.717, 1.165) is 32.7 Å². The highest BCUT2D eigenvalue weighted by molar-refractivity contribution is 6.42. The predicted molar refractivity (Wildman–Crippen MR) is 132 cm³/mol. The van der Waals surface area contributed by atoms with Gasteiger partial charge in [-0.3, -0.25) is 14.4 Å². The zero-order valence-electron chi connectivity index (χ0n) is 18.0. The van der Waals surface area contributed by atoms with Crippen LogP contribution in [0, 0.1) is 12.8 Å². The number of fused-ring (bicyclic) bond motifs is 2. The van der Waals surface area contributed by atoms with Crippen molar-refractivity contribution in [1.82, 2.24) is 4.98 Å². The molecule has 0 radical (unpaired) electrons. The molecule has 1 aromatic heterocycles. The molecule has 0 spiro atoms. The molecule has 0 saturated carbocycles. The molecule has 4 aromatic rings. The average molecular weight is 492 g/mol. The van der Waals surface area contributed by atoms with E-state index in [-0.39, 0.29) is 10.9 Å². The third-order valence-corrected chi connectivity index (χ3v) is 7.27. The van der Waals surface area contributed by atoms with Gasteiger partial charge < -0.3 is 4.98 Å². The van der Waals surface area contributed by atoms with Crippen LogP contribution in [-0.2, 0) is 14.4 Å². The minimum Gasteiger partial charge on any atom is -0.358 e. The van der Waals surface area contributed by atoms with Crippen LogP contribution in [0.2, 0.25) is 10.0 Å². The Kier molecular flexibility index (Phi) is 4.92. The number of hydroxylamine groups is 1. The molecular weight excluding hydrogens is 473 g/mol. The Morgan fingerprint density at radius 3 is 2.35 bits per heavy atom. The van der Waals surface area contributed by atoms with E-state index in [1.807, 2.05) is 61.5 Å². The number of imide groups is 1. The van der Waals surface area contributed by atoms with E-state index in [0.29, 0.717) is 10.7 Å². The van der Waals surface area contributed by atoms with Crippen LogP contribution in [0.15, 0.2) is 72.8 Å². The first-order valence-electron chi connectivity index (χ1n) is 10.9. The molecule has 170 valence electrons. The number of aryl methyl sites for hydroxylation is 1. The molecule has 1 N–H and O–H groups in total. The standard InChI is InChI=1S/C26H19Cl2N3O3/c1-14-21(17-9-5-6-10-20(17)29-14)23-22-24(34-31(23)15-7-3-2-4-8-15)26(33)30(25(22)32)16-11-12-18(27)19(28)13-16/h2-13,22-24,29H,1H3/t22-,23+,24-/m1/s1. The Balaban J connectivity index is 1.51. The van der Waals surface area contributed by atoms with Crippen LogP contribution in [0.1, 0.15) is 17.3 Å². The normalized spacial score (nSPS) is 22.1. The summed E-state index contributed by atoms with van der Waals surface area (Å²) in [6, 6.07) is 21.7. The molecule has 3 aromatic carbocycles. The number of aromatic nitrogens is 1. The van der Waals surface area contributed by atoms with Gasteiger partial charge in [0.05, 0.1) is 27.5 Å². The summed E-state index contributed by atoms with van der Waals surface area (Å²) in [6.07, 6.45) is -0.958. The number of hydrogen-bond acceptors (Lipinski definition) is 4. The fraction of sp³-hybridized carbons (Fsp3) is 0.154. The molecule has 0 aliphatic carbocycles. The smallest absolute Gasteiger partial charge is 0.266 e. The van der Waals surface area contributed by atoms with Gasteiger partial charge >= 0.3 is 0 Å². The second kappa shape index (κ2) is 7.87. The highest BCUT2D eigenvalue weighted by Crippen LogP contribution is 2.50. The van der Waals surface area contributed by atoms with Crippen LogP contribution in [0.5, 0.6) is 0 Å². The van der Waals surface area contributed by atoms with E-state index in [4.69, 9.17) is 28.0 Å². The number of H-pyrrole nitrogens is 1. The van der Waals surface area contributed by atoms with E-state index in [2.05, 4.69) is 4.98 Å². The highest BCUT2D eigenvalue weighted by Gasteiger charge is 2.61. The lowest BCUT2D eigenvalue weighted by Gasteiger charge is -2.29. The minimum absolute atomic E-state index is 0.271. The van der Waals surface area contributed by atoms with Crippen molar-refractivity contribution in [1.29, 1.82) is 0 Å². The van der Waals surface area contributed by atoms with Gasteiger partial charge in [-0.05, 0) is 43.3 Å². The maximum Gasteiger partial charge on any atom is 0.266 e. The number of benzene rings is 3. The van der Waals surface area contributed by atoms with Crippen LogP contribution in [-0.4, -0.2) is 22.9 Å². The Morgan fingerprint density at radius 2 is 1.59 bits per heavy atom. The van der Waals surface area contributed by atoms with Gasteiger partial charge in [0.2, 0.25) is 5.91 Å². The van der Waals surface area contributed by atoms with Crippen molar-refractivity contribution in [2.45, 2.75) is 19.1 Å². The maximum atomic E-state index is 13.8. The largest absolute Gasteiger partial charge is 0.358 e. The zero-order valence-corrected chi connectivity index (χ0v) is 19.5. The van der Waals surface area contributed by atoms with Crippen LogP contribution in [0.4, 0.5) is 11.4 Å². The number of rotatable bonds is 3. The average Bonchev–Trinajstić information content (AvgIpc) is 3.45. The van der Waals surface area contributed by atoms with Crippen molar-refractivity contribution < 1.29 is 14.4 Å². The molecule has 2 aliphatic rings. The van der Waals surface area contributed by atoms with Crippen LogP contribution in [0.25, 0.3) is 10.9 Å². The number of hydrogen-bond donors (Lipinski definition) is 1. The Hall–Kier alpha value is -3.32. The third kappa shape index (κ3) is 3.06. The van der Waals surface area contributed by atoms with Gasteiger partial charge in [0.25, 0.3) is 5.91 Å². The second-order valence-electron chi connectivity index (χ2n) is 8.48. The van der Waals surface area contributed by atoms with Gasteiger partial charge in [-0.2, -0.15) is 0 Å². The molecule has 8 heteroatoms. The summed E-state index contributed by atoms with van der Waals surface area (Å²) in [7, 11) is 0. The number of amides is 2. The topological polar surface area (TPSA) is 65.6 Å². The lowest BCUT2D eigenvalue weighted by atomic mass is 9.89. The number of aromatic amines is 1. The molecule has 0 bridgehead atoms. The molecule has 6 rings (SSSR count). The Bertz CT molecular complexity index is 1450. The first-order chi connectivity index (χ1) is 16.5. The minimum atomic E-state index is -0.958. The fourth-order valence-corrected chi connectivity index (χ4v) is 5.36. The van der Waals surface area contributed by atoms with Gasteiger partial charge in [0.1, 0.15) is 5.92 Å². The molecule has 2 saturated heterocycles. The van der Waals surface area contributed by atoms with Crippen molar-refractivity contribution in [3.05, 3.63) is 94.1 Å². The summed E-state index contributed by atoms with van der Waals surface area (Å²) >= 11 is 12.2. The SMILES string of the molecule is Cc1[nH]c2ccccc2c1[C@H]1[C@H]2C(=O)N(c3ccc(Cl)c(Cl)c3)C(=O)[C@@H]2ON1c1ccccc1. The van der Waals surface area contributed by atoms with E-state index in [1.54, 1.807) is 17.2 Å². The maximum absolute atomic E-state index is 13.8. The number of carbonyl (C=O) groups is 2. The molecule has 3 atom stereocenters. The summed E-state index contributed by atoms with van der Waals surface area (Å²) in [5, 5.41) is 3.32. The summed E-state index contributed by atoms with van der Waals surface area (Å²) in [5.74, 6) is -1.49. The molecule has 2 aliphatic heterocycles. The van der Waals surface area contributed by atoms with Crippen molar-refractivity contribution in [3.8, 4) is 0 Å². The van der Waals surface area contributed by atoms with Gasteiger partial charge in [-0.1, -0.05) is 59.6 Å². The fourth-order valence-electron chi connectivity index (χ4n) is 5.06. The molecular formula is C26H19Cl2N3O3. The number of para-hydroxylation sites is 2. The molecule has 2 fully saturated rings. The highest BCUT2D eigenvalue weighted by atomic mass is 35.5. The van der Waals surface area contributed by atoms with E-state index < -0.39 is 24.0 Å². The van der Waals surface area contributed by atoms with Gasteiger partial charge in [0.15, 0.2) is 6.10 Å². The zero-order chi connectivity index (χ0) is 23.6. The van der Waals surface area contributed by atoms with E-state index in [1.165, 1.54) is 6.07 Å². The summed E-state index contributed by atoms with van der Waals surface area (Å²) in [6.45, 7) is 1.98. The number of anilines is 2. The number of nitrogens with zero attached hydrogens (tertiary/aromatic N) is 2. The van der Waals surface area contributed by atoms with Crippen molar-refractivity contribution in [2.75, 3.05) is 9.96 Å². The quantitative estimate of drug-likeness (QED) is 0.366. The van der Waals surface area contributed by atoms with Crippen molar-refractivity contribution >= 4 is 57.3 Å². The first-order valence-corrected chi connectivity index (χ1v) is 11.6. The molecule has 3 heterocycles. The van der Waals surface area contributed by atoms with Crippen LogP contribution in [0.3, 0.4) is 0 Å². The summed E-state index contributed by atoms with van der Waals surface area (Å²) in [5.41, 5.74) is 3.97. The van der Waals surface area contributed by atoms with Gasteiger partial charge in [-0.25, -0.2) is 9.96 Å². The lowest BCUT2D eigenvalue weighted by Crippen LogP contribution is -2.37. The Labute approximate surface area is 205 Å². The lowest BCUT2D eigenvalue weighted by molar-refractivity contribution is -0.126. The molecule has 2 amide bonds. The van der Waals surface area contributed by atoms with Crippen molar-refractivity contribution in [2.24, 2.45) is 5.92 Å². The monoisotopic (exact) mass is 491 g/mol. The number of carbonyl (C=O) groups excluding carboxylic acids is 2. The molecule has 34 heavy (non-hydrogen) atoms. The Morgan fingerprint density at radius 1 is 0.853 bits per heavy atom. The van der Waals surface area contributed by atoms with Crippen molar-refractivity contribution in [3.63, 3.8) is 0 Å². The number of halogens is 2. The summed E-state index contributed by atoms with van der Waals surface area (Å²) in [4.78, 5) is 38.2. The third-order valence-electron chi connectivity index (χ3n) is 6.53. The molecule has 6 nitrogen and oxygen atoms in total. The van der Waals surface area contributed by atoms with Crippen LogP contribution < -0.4 is 9.96 Å². The first kappa shape index (κ1) is 21.2. The molecule has 0 unspecified atom stereocenters. The predicted octanol–water partition coefficient (Wildman–Crippen LogP) is 5.83. The van der Waals surface area contributed by atoms with Gasteiger partial charge in [-0.15, -0.1) is 0 Å². The van der Waals surface area contributed by atoms with E-state index >= 15 is 0 Å². The number of nitrogens with one attached hydrogen (secondary N) is 1. The van der Waals surface area contributed by atoms with E-state index in [9.17, 15) is 9.59 Å².